The number of H-pyrrole nitrogens is 1. The zero-order chi connectivity index (χ0) is 24.9. The van der Waals surface area contributed by atoms with Gasteiger partial charge in [-0.25, -0.2) is 4.98 Å². The lowest BCUT2D eigenvalue weighted by molar-refractivity contribution is 0.122. The number of aromatic nitrogens is 4. The molecule has 2 aromatic heterocycles. The number of nitrogens with zero attached hydrogens (tertiary/aromatic N) is 5. The first kappa shape index (κ1) is 23.4. The van der Waals surface area contributed by atoms with Crippen LogP contribution in [-0.2, 0) is 11.4 Å². The van der Waals surface area contributed by atoms with E-state index in [1.165, 1.54) is 4.68 Å². The van der Waals surface area contributed by atoms with E-state index in [0.717, 1.165) is 26.9 Å². The van der Waals surface area contributed by atoms with E-state index in [2.05, 4.69) is 41.4 Å². The second-order valence-corrected chi connectivity index (χ2v) is 8.85. The molecule has 0 aliphatic carbocycles. The third-order valence-electron chi connectivity index (χ3n) is 5.52. The van der Waals surface area contributed by atoms with E-state index in [9.17, 15) is 4.79 Å². The van der Waals surface area contributed by atoms with E-state index in [1.54, 1.807) is 30.6 Å². The third kappa shape index (κ3) is 5.01. The number of oxime groups is 1. The number of rotatable bonds is 7. The minimum atomic E-state index is -0.298. The van der Waals surface area contributed by atoms with E-state index < -0.39 is 0 Å². The number of nitrogens with one attached hydrogen (secondary N) is 1. The van der Waals surface area contributed by atoms with Crippen molar-refractivity contribution in [2.45, 2.75) is 13.5 Å². The normalized spacial score (nSPS) is 11.9. The third-order valence-corrected chi connectivity index (χ3v) is 6.05. The summed E-state index contributed by atoms with van der Waals surface area (Å²) in [6.45, 7) is 1.82. The van der Waals surface area contributed by atoms with Gasteiger partial charge in [-0.15, -0.1) is 0 Å². The number of fused-ring (bicyclic) bond motifs is 1. The number of hydrogen-bond donors (Lipinski definition) is 1. The molecule has 0 amide bonds. The van der Waals surface area contributed by atoms with Crippen LogP contribution in [-0.4, -0.2) is 31.8 Å². The Morgan fingerprint density at radius 1 is 1.06 bits per heavy atom. The van der Waals surface area contributed by atoms with E-state index >= 15 is 0 Å². The largest absolute Gasteiger partial charge is 0.387 e. The van der Waals surface area contributed by atoms with Crippen molar-refractivity contribution in [3.05, 3.63) is 117 Å². The van der Waals surface area contributed by atoms with Gasteiger partial charge in [-0.3, -0.25) is 9.89 Å². The second-order valence-electron chi connectivity index (χ2n) is 7.93. The van der Waals surface area contributed by atoms with Crippen LogP contribution < -0.4 is 5.56 Å². The smallest absolute Gasteiger partial charge is 0.282 e. The Kier molecular flexibility index (Phi) is 6.81. The fourth-order valence-electron chi connectivity index (χ4n) is 3.66. The standard InChI is InChI=1S/C27H21BrN6O2/c1-18(19-7-3-2-4-8-19)33-36-17-25-31-24-10-6-5-9-23(24)27(35)34(25)30-16-21-15-29-32-26(21)20-11-13-22(28)14-12-20/h2-16H,17H2,1H3,(H,29,32)/b30-16-,33-18-. The summed E-state index contributed by atoms with van der Waals surface area (Å²) in [5.41, 5.74) is 4.38. The van der Waals surface area contributed by atoms with Crippen molar-refractivity contribution in [2.75, 3.05) is 0 Å². The Bertz CT molecular complexity index is 1620. The minimum absolute atomic E-state index is 0.0352. The lowest BCUT2D eigenvalue weighted by atomic mass is 10.1. The van der Waals surface area contributed by atoms with Crippen molar-refractivity contribution < 1.29 is 4.84 Å². The van der Waals surface area contributed by atoms with E-state index in [0.29, 0.717) is 22.4 Å². The van der Waals surface area contributed by atoms with Crippen molar-refractivity contribution >= 4 is 38.8 Å². The Morgan fingerprint density at radius 3 is 2.61 bits per heavy atom. The summed E-state index contributed by atoms with van der Waals surface area (Å²) in [5.74, 6) is 0.327. The molecule has 0 fully saturated rings. The van der Waals surface area contributed by atoms with Crippen LogP contribution in [0.1, 0.15) is 23.9 Å². The first-order valence-corrected chi connectivity index (χ1v) is 12.0. The molecule has 0 aliphatic heterocycles. The highest BCUT2D eigenvalue weighted by atomic mass is 79.9. The first-order valence-electron chi connectivity index (χ1n) is 11.2. The fourth-order valence-corrected chi connectivity index (χ4v) is 3.93. The quantitative estimate of drug-likeness (QED) is 0.221. The molecule has 5 rings (SSSR count). The molecule has 1 N–H and O–H groups in total. The van der Waals surface area contributed by atoms with E-state index in [4.69, 9.17) is 4.84 Å². The average molecular weight is 541 g/mol. The van der Waals surface area contributed by atoms with Gasteiger partial charge < -0.3 is 4.84 Å². The fraction of sp³-hybridized carbons (Fsp3) is 0.0741. The Hall–Kier alpha value is -4.37. The van der Waals surface area contributed by atoms with Crippen molar-refractivity contribution in [2.24, 2.45) is 10.3 Å². The lowest BCUT2D eigenvalue weighted by Gasteiger charge is -2.09. The summed E-state index contributed by atoms with van der Waals surface area (Å²) >= 11 is 3.45. The number of para-hydroxylation sites is 1. The number of hydrogen-bond acceptors (Lipinski definition) is 6. The molecule has 0 saturated carbocycles. The van der Waals surface area contributed by atoms with E-state index in [-0.39, 0.29) is 12.2 Å². The summed E-state index contributed by atoms with van der Waals surface area (Å²) < 4.78 is 2.22. The van der Waals surface area contributed by atoms with Gasteiger partial charge in [-0.1, -0.05) is 75.7 Å². The van der Waals surface area contributed by atoms with Crippen LogP contribution in [0.2, 0.25) is 0 Å². The van der Waals surface area contributed by atoms with Gasteiger partial charge in [0, 0.05) is 15.6 Å². The Labute approximate surface area is 215 Å². The molecule has 2 heterocycles. The highest BCUT2D eigenvalue weighted by Gasteiger charge is 2.12. The molecule has 8 nitrogen and oxygen atoms in total. The molecule has 0 atom stereocenters. The molecular weight excluding hydrogens is 520 g/mol. The molecular formula is C27H21BrN6O2. The molecule has 178 valence electrons. The minimum Gasteiger partial charge on any atom is -0.387 e. The molecule has 0 unspecified atom stereocenters. The van der Waals surface area contributed by atoms with Gasteiger partial charge >= 0.3 is 0 Å². The zero-order valence-electron chi connectivity index (χ0n) is 19.3. The van der Waals surface area contributed by atoms with E-state index in [1.807, 2.05) is 67.6 Å². The monoisotopic (exact) mass is 540 g/mol. The van der Waals surface area contributed by atoms with Crippen molar-refractivity contribution in [3.63, 3.8) is 0 Å². The van der Waals surface area contributed by atoms with Gasteiger partial charge in [-0.2, -0.15) is 14.9 Å². The maximum Gasteiger partial charge on any atom is 0.282 e. The predicted octanol–water partition coefficient (Wildman–Crippen LogP) is 5.37. The summed E-state index contributed by atoms with van der Waals surface area (Å²) in [4.78, 5) is 23.5. The number of halogens is 1. The molecule has 0 saturated heterocycles. The maximum absolute atomic E-state index is 13.3. The highest BCUT2D eigenvalue weighted by molar-refractivity contribution is 9.10. The highest BCUT2D eigenvalue weighted by Crippen LogP contribution is 2.22. The molecule has 0 bridgehead atoms. The van der Waals surface area contributed by atoms with Crippen LogP contribution in [0.25, 0.3) is 22.2 Å². The van der Waals surface area contributed by atoms with Crippen LogP contribution in [0.5, 0.6) is 0 Å². The van der Waals surface area contributed by atoms with Gasteiger partial charge in [0.25, 0.3) is 5.56 Å². The molecule has 3 aromatic carbocycles. The first-order chi connectivity index (χ1) is 17.6. The van der Waals surface area contributed by atoms with Crippen LogP contribution in [0, 0.1) is 0 Å². The van der Waals surface area contributed by atoms with Crippen LogP contribution in [0.15, 0.2) is 105 Å². The predicted molar refractivity (Wildman–Crippen MR) is 144 cm³/mol. The van der Waals surface area contributed by atoms with Crippen molar-refractivity contribution in [3.8, 4) is 11.3 Å². The summed E-state index contributed by atoms with van der Waals surface area (Å²) in [6.07, 6.45) is 3.24. The summed E-state index contributed by atoms with van der Waals surface area (Å²) in [6, 6.07) is 24.7. The van der Waals surface area contributed by atoms with Crippen LogP contribution >= 0.6 is 15.9 Å². The van der Waals surface area contributed by atoms with Crippen molar-refractivity contribution in [1.82, 2.24) is 19.9 Å². The van der Waals surface area contributed by atoms with Gasteiger partial charge in [0.1, 0.15) is 0 Å². The summed E-state index contributed by atoms with van der Waals surface area (Å²) in [5, 5.41) is 16.3. The maximum atomic E-state index is 13.3. The molecule has 36 heavy (non-hydrogen) atoms. The number of benzene rings is 3. The lowest BCUT2D eigenvalue weighted by Crippen LogP contribution is -2.22. The second kappa shape index (κ2) is 10.5. The van der Waals surface area contributed by atoms with Crippen LogP contribution in [0.4, 0.5) is 0 Å². The molecule has 9 heteroatoms. The topological polar surface area (TPSA) is 97.5 Å². The molecule has 0 aliphatic rings. The SMILES string of the molecule is C/C(=N/OCc1nc2ccccc2c(=O)n1/N=C\c1cn[nH]c1-c1ccc(Br)cc1)c1ccccc1. The van der Waals surface area contributed by atoms with Gasteiger partial charge in [0.2, 0.25) is 0 Å². The molecule has 5 aromatic rings. The molecule has 0 radical (unpaired) electrons. The van der Waals surface area contributed by atoms with Gasteiger partial charge in [-0.05, 0) is 36.8 Å². The number of aromatic amines is 1. The zero-order valence-corrected chi connectivity index (χ0v) is 20.9. The van der Waals surface area contributed by atoms with Gasteiger partial charge in [0.15, 0.2) is 12.4 Å². The van der Waals surface area contributed by atoms with Gasteiger partial charge in [0.05, 0.1) is 34.7 Å². The Morgan fingerprint density at radius 2 is 1.81 bits per heavy atom. The Balaban J connectivity index is 1.49. The van der Waals surface area contributed by atoms with Crippen molar-refractivity contribution in [1.29, 1.82) is 0 Å². The summed E-state index contributed by atoms with van der Waals surface area (Å²) in [7, 11) is 0. The van der Waals surface area contributed by atoms with Crippen LogP contribution in [0.3, 0.4) is 0 Å². The average Bonchev–Trinajstić information content (AvgIpc) is 3.38. The molecule has 0 spiro atoms.